The fourth-order valence-electron chi connectivity index (χ4n) is 1.53. The SMILES string of the molecule is Cc1cccc(O)c1Nc1cccc(Cl)c1. The number of rotatable bonds is 2. The fraction of sp³-hybridized carbons (Fsp3) is 0.0769. The van der Waals surface area contributed by atoms with Gasteiger partial charge in [0.15, 0.2) is 0 Å². The number of phenolic OH excluding ortho intramolecular Hbond substituents is 1. The van der Waals surface area contributed by atoms with Crippen molar-refractivity contribution in [2.45, 2.75) is 6.92 Å². The molecular weight excluding hydrogens is 222 g/mol. The molecule has 0 aliphatic carbocycles. The van der Waals surface area contributed by atoms with E-state index in [1.807, 2.05) is 43.3 Å². The summed E-state index contributed by atoms with van der Waals surface area (Å²) >= 11 is 5.89. The normalized spacial score (nSPS) is 10.1. The van der Waals surface area contributed by atoms with Gasteiger partial charge in [0.2, 0.25) is 0 Å². The lowest BCUT2D eigenvalue weighted by Gasteiger charge is -2.11. The van der Waals surface area contributed by atoms with Gasteiger partial charge in [0, 0.05) is 10.7 Å². The number of anilines is 2. The maximum Gasteiger partial charge on any atom is 0.139 e. The average Bonchev–Trinajstić information content (AvgIpc) is 2.24. The van der Waals surface area contributed by atoms with E-state index in [0.717, 1.165) is 11.3 Å². The third-order valence-corrected chi connectivity index (χ3v) is 2.58. The lowest BCUT2D eigenvalue weighted by Crippen LogP contribution is -1.93. The molecule has 3 heteroatoms. The molecule has 0 saturated heterocycles. The van der Waals surface area contributed by atoms with Crippen molar-refractivity contribution in [3.63, 3.8) is 0 Å². The first-order chi connectivity index (χ1) is 7.66. The Bertz CT molecular complexity index is 491. The van der Waals surface area contributed by atoms with E-state index in [4.69, 9.17) is 11.6 Å². The molecule has 2 aromatic carbocycles. The highest BCUT2D eigenvalue weighted by molar-refractivity contribution is 6.30. The molecule has 0 aliphatic rings. The molecule has 2 aromatic rings. The Labute approximate surface area is 99.5 Å². The first-order valence-electron chi connectivity index (χ1n) is 4.98. The van der Waals surface area contributed by atoms with E-state index < -0.39 is 0 Å². The molecule has 0 aliphatic heterocycles. The van der Waals surface area contributed by atoms with E-state index in [1.165, 1.54) is 0 Å². The maximum absolute atomic E-state index is 9.73. The van der Waals surface area contributed by atoms with E-state index >= 15 is 0 Å². The first kappa shape index (κ1) is 10.8. The number of hydrogen-bond donors (Lipinski definition) is 2. The summed E-state index contributed by atoms with van der Waals surface area (Å²) in [5, 5.41) is 13.5. The highest BCUT2D eigenvalue weighted by Crippen LogP contribution is 2.30. The standard InChI is InChI=1S/C13H12ClNO/c1-9-4-2-7-12(16)13(9)15-11-6-3-5-10(14)8-11/h2-8,15-16H,1H3. The second-order valence-corrected chi connectivity index (χ2v) is 4.04. The topological polar surface area (TPSA) is 32.3 Å². The lowest BCUT2D eigenvalue weighted by molar-refractivity contribution is 0.477. The van der Waals surface area contributed by atoms with Crippen LogP contribution in [0.5, 0.6) is 5.75 Å². The first-order valence-corrected chi connectivity index (χ1v) is 5.36. The number of nitrogens with one attached hydrogen (secondary N) is 1. The number of halogens is 1. The van der Waals surface area contributed by atoms with Crippen molar-refractivity contribution in [1.82, 2.24) is 0 Å². The van der Waals surface area contributed by atoms with Crippen LogP contribution in [0.15, 0.2) is 42.5 Å². The molecule has 2 rings (SSSR count). The van der Waals surface area contributed by atoms with Gasteiger partial charge in [0.05, 0.1) is 5.69 Å². The lowest BCUT2D eigenvalue weighted by atomic mass is 10.1. The Morgan fingerprint density at radius 2 is 1.88 bits per heavy atom. The van der Waals surface area contributed by atoms with E-state index in [2.05, 4.69) is 5.32 Å². The third-order valence-electron chi connectivity index (χ3n) is 2.34. The smallest absolute Gasteiger partial charge is 0.139 e. The quantitative estimate of drug-likeness (QED) is 0.766. The van der Waals surface area contributed by atoms with Crippen molar-refractivity contribution < 1.29 is 5.11 Å². The number of hydrogen-bond acceptors (Lipinski definition) is 2. The largest absolute Gasteiger partial charge is 0.506 e. The summed E-state index contributed by atoms with van der Waals surface area (Å²) in [6, 6.07) is 12.8. The molecule has 0 bridgehead atoms. The Kier molecular flexibility index (Phi) is 3.02. The van der Waals surface area contributed by atoms with Crippen LogP contribution in [0.2, 0.25) is 5.02 Å². The molecule has 0 fully saturated rings. The summed E-state index contributed by atoms with van der Waals surface area (Å²) in [6.07, 6.45) is 0. The van der Waals surface area contributed by atoms with Crippen molar-refractivity contribution >= 4 is 23.0 Å². The second kappa shape index (κ2) is 4.45. The van der Waals surface area contributed by atoms with E-state index in [-0.39, 0.29) is 5.75 Å². The summed E-state index contributed by atoms with van der Waals surface area (Å²) in [6.45, 7) is 1.94. The Morgan fingerprint density at radius 3 is 2.56 bits per heavy atom. The van der Waals surface area contributed by atoms with Crippen molar-refractivity contribution in [2.75, 3.05) is 5.32 Å². The summed E-state index contributed by atoms with van der Waals surface area (Å²) in [5.41, 5.74) is 2.56. The van der Waals surface area contributed by atoms with Crippen molar-refractivity contribution in [3.05, 3.63) is 53.1 Å². The van der Waals surface area contributed by atoms with Gasteiger partial charge in [-0.25, -0.2) is 0 Å². The van der Waals surface area contributed by atoms with Gasteiger partial charge in [0.1, 0.15) is 5.75 Å². The van der Waals surface area contributed by atoms with E-state index in [9.17, 15) is 5.11 Å². The molecule has 2 N–H and O–H groups in total. The molecule has 0 unspecified atom stereocenters. The van der Waals surface area contributed by atoms with Crippen molar-refractivity contribution in [2.24, 2.45) is 0 Å². The molecular formula is C13H12ClNO. The van der Waals surface area contributed by atoms with Gasteiger partial charge in [-0.1, -0.05) is 29.8 Å². The number of para-hydroxylation sites is 1. The highest BCUT2D eigenvalue weighted by Gasteiger charge is 2.04. The highest BCUT2D eigenvalue weighted by atomic mass is 35.5. The summed E-state index contributed by atoms with van der Waals surface area (Å²) < 4.78 is 0. The molecule has 0 radical (unpaired) electrons. The maximum atomic E-state index is 9.73. The molecule has 0 spiro atoms. The van der Waals surface area contributed by atoms with Crippen LogP contribution in [-0.2, 0) is 0 Å². The summed E-state index contributed by atoms with van der Waals surface area (Å²) in [5.74, 6) is 0.236. The van der Waals surface area contributed by atoms with Gasteiger partial charge < -0.3 is 10.4 Å². The zero-order chi connectivity index (χ0) is 11.5. The molecule has 0 atom stereocenters. The van der Waals surface area contributed by atoms with Gasteiger partial charge >= 0.3 is 0 Å². The fourth-order valence-corrected chi connectivity index (χ4v) is 1.72. The Morgan fingerprint density at radius 1 is 1.12 bits per heavy atom. The predicted molar refractivity (Wildman–Crippen MR) is 67.6 cm³/mol. The molecule has 0 aromatic heterocycles. The Balaban J connectivity index is 2.34. The zero-order valence-corrected chi connectivity index (χ0v) is 9.62. The predicted octanol–water partition coefficient (Wildman–Crippen LogP) is 4.10. The Hall–Kier alpha value is -1.67. The second-order valence-electron chi connectivity index (χ2n) is 3.60. The van der Waals surface area contributed by atoms with Crippen LogP contribution >= 0.6 is 11.6 Å². The van der Waals surface area contributed by atoms with Gasteiger partial charge in [-0.3, -0.25) is 0 Å². The van der Waals surface area contributed by atoms with Gasteiger partial charge in [-0.05, 0) is 36.8 Å². The van der Waals surface area contributed by atoms with E-state index in [0.29, 0.717) is 10.7 Å². The summed E-state index contributed by atoms with van der Waals surface area (Å²) in [4.78, 5) is 0. The number of aryl methyl sites for hydroxylation is 1. The molecule has 2 nitrogen and oxygen atoms in total. The molecule has 82 valence electrons. The van der Waals surface area contributed by atoms with Crippen LogP contribution in [0.1, 0.15) is 5.56 Å². The van der Waals surface area contributed by atoms with Crippen LogP contribution in [0, 0.1) is 6.92 Å². The third kappa shape index (κ3) is 2.28. The molecule has 16 heavy (non-hydrogen) atoms. The van der Waals surface area contributed by atoms with Crippen LogP contribution in [0.3, 0.4) is 0 Å². The minimum absolute atomic E-state index is 0.236. The minimum atomic E-state index is 0.236. The van der Waals surface area contributed by atoms with E-state index in [1.54, 1.807) is 6.07 Å². The van der Waals surface area contributed by atoms with Crippen molar-refractivity contribution in [3.8, 4) is 5.75 Å². The number of benzene rings is 2. The number of aromatic hydroxyl groups is 1. The van der Waals surface area contributed by atoms with Crippen LogP contribution in [0.25, 0.3) is 0 Å². The van der Waals surface area contributed by atoms with Crippen LogP contribution in [-0.4, -0.2) is 5.11 Å². The molecule has 0 heterocycles. The van der Waals surface area contributed by atoms with Gasteiger partial charge in [-0.15, -0.1) is 0 Å². The monoisotopic (exact) mass is 233 g/mol. The van der Waals surface area contributed by atoms with Crippen LogP contribution < -0.4 is 5.32 Å². The van der Waals surface area contributed by atoms with Gasteiger partial charge in [-0.2, -0.15) is 0 Å². The zero-order valence-electron chi connectivity index (χ0n) is 8.87. The minimum Gasteiger partial charge on any atom is -0.506 e. The van der Waals surface area contributed by atoms with Crippen molar-refractivity contribution in [1.29, 1.82) is 0 Å². The number of phenols is 1. The van der Waals surface area contributed by atoms with Crippen LogP contribution in [0.4, 0.5) is 11.4 Å². The molecule has 0 amide bonds. The van der Waals surface area contributed by atoms with Gasteiger partial charge in [0.25, 0.3) is 0 Å². The average molecular weight is 234 g/mol. The molecule has 0 saturated carbocycles. The summed E-state index contributed by atoms with van der Waals surface area (Å²) in [7, 11) is 0.